The molecule has 0 fully saturated rings. The minimum atomic E-state index is -0.0335. The molecule has 27 heavy (non-hydrogen) atoms. The van der Waals surface area contributed by atoms with Crippen molar-refractivity contribution in [3.8, 4) is 0 Å². The van der Waals surface area contributed by atoms with Crippen LogP contribution in [-0.4, -0.2) is 17.5 Å². The van der Waals surface area contributed by atoms with Gasteiger partial charge in [-0.1, -0.05) is 24.3 Å². The maximum atomic E-state index is 12.7. The van der Waals surface area contributed by atoms with Crippen LogP contribution in [-0.2, 0) is 30.7 Å². The van der Waals surface area contributed by atoms with Gasteiger partial charge in [0, 0.05) is 35.3 Å². The number of ether oxygens (including phenoxy) is 1. The summed E-state index contributed by atoms with van der Waals surface area (Å²) in [5, 5.41) is 4.27. The predicted octanol–water partition coefficient (Wildman–Crippen LogP) is 4.51. The number of rotatable bonds is 6. The second-order valence-electron chi connectivity index (χ2n) is 7.14. The quantitative estimate of drug-likeness (QED) is 0.678. The van der Waals surface area contributed by atoms with Crippen molar-refractivity contribution in [3.63, 3.8) is 0 Å². The number of carbonyl (C=O) groups is 1. The van der Waals surface area contributed by atoms with E-state index in [1.165, 1.54) is 29.5 Å². The molecule has 1 aliphatic carbocycles. The van der Waals surface area contributed by atoms with Gasteiger partial charge in [-0.25, -0.2) is 0 Å². The number of H-pyrrole nitrogens is 1. The van der Waals surface area contributed by atoms with Gasteiger partial charge in [-0.05, 0) is 67.5 Å². The zero-order valence-corrected chi connectivity index (χ0v) is 15.8. The van der Waals surface area contributed by atoms with Crippen molar-refractivity contribution in [2.24, 2.45) is 0 Å². The van der Waals surface area contributed by atoms with Gasteiger partial charge in [-0.2, -0.15) is 0 Å². The molecule has 1 heterocycles. The lowest BCUT2D eigenvalue weighted by atomic mass is 9.95. The topological polar surface area (TPSA) is 54.1 Å². The summed E-state index contributed by atoms with van der Waals surface area (Å²) in [7, 11) is 0. The molecule has 0 saturated heterocycles. The highest BCUT2D eigenvalue weighted by molar-refractivity contribution is 5.99. The molecule has 140 valence electrons. The van der Waals surface area contributed by atoms with Crippen molar-refractivity contribution in [3.05, 3.63) is 70.4 Å². The Morgan fingerprint density at radius 3 is 2.78 bits per heavy atom. The Labute approximate surface area is 159 Å². The van der Waals surface area contributed by atoms with E-state index in [0.717, 1.165) is 35.0 Å². The van der Waals surface area contributed by atoms with Crippen molar-refractivity contribution < 1.29 is 9.53 Å². The molecule has 3 aromatic rings. The number of carbonyl (C=O) groups excluding carboxylic acids is 1. The standard InChI is InChI=1S/C23H26N2O2/c1-2-27-15-18-8-4-3-7-17(18)14-24-23(26)16-11-12-22-20(13-16)19-9-5-6-10-21(19)25-22/h3-4,7-8,11-13,25H,2,5-6,9-10,14-15H2,1H3,(H,24,26). The molecule has 0 atom stereocenters. The third-order valence-electron chi connectivity index (χ3n) is 5.38. The summed E-state index contributed by atoms with van der Waals surface area (Å²) in [6.45, 7) is 3.75. The first-order chi connectivity index (χ1) is 13.3. The lowest BCUT2D eigenvalue weighted by Gasteiger charge is -2.12. The van der Waals surface area contributed by atoms with Gasteiger partial charge in [-0.3, -0.25) is 4.79 Å². The van der Waals surface area contributed by atoms with Crippen LogP contribution in [0.25, 0.3) is 10.9 Å². The molecule has 0 radical (unpaired) electrons. The first-order valence-electron chi connectivity index (χ1n) is 9.82. The largest absolute Gasteiger partial charge is 0.377 e. The highest BCUT2D eigenvalue weighted by Crippen LogP contribution is 2.29. The van der Waals surface area contributed by atoms with Gasteiger partial charge in [0.15, 0.2) is 0 Å². The number of aromatic amines is 1. The van der Waals surface area contributed by atoms with Crippen molar-refractivity contribution >= 4 is 16.8 Å². The Bertz CT molecular complexity index is 958. The van der Waals surface area contributed by atoms with E-state index in [0.29, 0.717) is 19.8 Å². The zero-order valence-electron chi connectivity index (χ0n) is 15.8. The SMILES string of the molecule is CCOCc1ccccc1CNC(=O)c1ccc2[nH]c3c(c2c1)CCCC3. The van der Waals surface area contributed by atoms with Crippen molar-refractivity contribution in [1.82, 2.24) is 10.3 Å². The summed E-state index contributed by atoms with van der Waals surface area (Å²) >= 11 is 0. The Morgan fingerprint density at radius 1 is 1.11 bits per heavy atom. The summed E-state index contributed by atoms with van der Waals surface area (Å²) in [5.41, 5.74) is 6.82. The smallest absolute Gasteiger partial charge is 0.251 e. The number of nitrogens with one attached hydrogen (secondary N) is 2. The molecule has 4 heteroatoms. The maximum absolute atomic E-state index is 12.7. The van der Waals surface area contributed by atoms with Crippen LogP contribution in [0.4, 0.5) is 0 Å². The molecule has 1 amide bonds. The molecule has 4 nitrogen and oxygen atoms in total. The summed E-state index contributed by atoms with van der Waals surface area (Å²) in [5.74, 6) is -0.0335. The number of amides is 1. The summed E-state index contributed by atoms with van der Waals surface area (Å²) in [4.78, 5) is 16.2. The second kappa shape index (κ2) is 7.97. The van der Waals surface area contributed by atoms with E-state index in [2.05, 4.69) is 16.4 Å². The van der Waals surface area contributed by atoms with E-state index < -0.39 is 0 Å². The first kappa shape index (κ1) is 17.8. The number of aromatic nitrogens is 1. The Kier molecular flexibility index (Phi) is 5.26. The normalized spacial score (nSPS) is 13.5. The lowest BCUT2D eigenvalue weighted by molar-refractivity contribution is 0.0950. The number of aryl methyl sites for hydroxylation is 2. The van der Waals surface area contributed by atoms with Crippen LogP contribution in [0.1, 0.15) is 52.5 Å². The molecule has 4 rings (SSSR count). The third kappa shape index (κ3) is 3.76. The monoisotopic (exact) mass is 362 g/mol. The molecule has 0 bridgehead atoms. The third-order valence-corrected chi connectivity index (χ3v) is 5.38. The average Bonchev–Trinajstić information content (AvgIpc) is 3.09. The minimum absolute atomic E-state index is 0.0335. The predicted molar refractivity (Wildman–Crippen MR) is 108 cm³/mol. The van der Waals surface area contributed by atoms with Gasteiger partial charge < -0.3 is 15.0 Å². The molecule has 0 unspecified atom stereocenters. The molecule has 1 aromatic heterocycles. The van der Waals surface area contributed by atoms with Gasteiger partial charge in [-0.15, -0.1) is 0 Å². The minimum Gasteiger partial charge on any atom is -0.377 e. The van der Waals surface area contributed by atoms with Crippen LogP contribution in [0.2, 0.25) is 0 Å². The van der Waals surface area contributed by atoms with Crippen molar-refractivity contribution in [1.29, 1.82) is 0 Å². The van der Waals surface area contributed by atoms with E-state index >= 15 is 0 Å². The summed E-state index contributed by atoms with van der Waals surface area (Å²) in [6.07, 6.45) is 4.69. The van der Waals surface area contributed by atoms with Gasteiger partial charge >= 0.3 is 0 Å². The van der Waals surface area contributed by atoms with E-state index in [1.54, 1.807) is 0 Å². The Hall–Kier alpha value is -2.59. The fourth-order valence-corrected chi connectivity index (χ4v) is 3.91. The van der Waals surface area contributed by atoms with Gasteiger partial charge in [0.25, 0.3) is 5.91 Å². The molecule has 0 spiro atoms. The first-order valence-corrected chi connectivity index (χ1v) is 9.82. The molecular formula is C23H26N2O2. The van der Waals surface area contributed by atoms with Crippen molar-refractivity contribution in [2.75, 3.05) is 6.61 Å². The van der Waals surface area contributed by atoms with Gasteiger partial charge in [0.05, 0.1) is 6.61 Å². The van der Waals surface area contributed by atoms with E-state index in [-0.39, 0.29) is 5.91 Å². The molecule has 2 N–H and O–H groups in total. The molecule has 0 aliphatic heterocycles. The number of fused-ring (bicyclic) bond motifs is 3. The lowest BCUT2D eigenvalue weighted by Crippen LogP contribution is -2.23. The summed E-state index contributed by atoms with van der Waals surface area (Å²) < 4.78 is 5.53. The maximum Gasteiger partial charge on any atom is 0.251 e. The van der Waals surface area contributed by atoms with Crippen LogP contribution in [0.5, 0.6) is 0 Å². The molecule has 2 aromatic carbocycles. The Morgan fingerprint density at radius 2 is 1.93 bits per heavy atom. The van der Waals surface area contributed by atoms with Crippen LogP contribution in [0.3, 0.4) is 0 Å². The fourth-order valence-electron chi connectivity index (χ4n) is 3.91. The highest BCUT2D eigenvalue weighted by Gasteiger charge is 2.17. The van der Waals surface area contributed by atoms with Crippen molar-refractivity contribution in [2.45, 2.75) is 45.8 Å². The van der Waals surface area contributed by atoms with Crippen LogP contribution < -0.4 is 5.32 Å². The van der Waals surface area contributed by atoms with Gasteiger partial charge in [0.1, 0.15) is 0 Å². The number of hydrogen-bond donors (Lipinski definition) is 2. The highest BCUT2D eigenvalue weighted by atomic mass is 16.5. The Balaban J connectivity index is 1.50. The molecular weight excluding hydrogens is 336 g/mol. The molecule has 0 saturated carbocycles. The van der Waals surface area contributed by atoms with E-state index in [9.17, 15) is 4.79 Å². The van der Waals surface area contributed by atoms with Gasteiger partial charge in [0.2, 0.25) is 0 Å². The average molecular weight is 362 g/mol. The van der Waals surface area contributed by atoms with E-state index in [4.69, 9.17) is 4.74 Å². The van der Waals surface area contributed by atoms with E-state index in [1.807, 2.05) is 43.3 Å². The molecule has 1 aliphatic rings. The summed E-state index contributed by atoms with van der Waals surface area (Å²) in [6, 6.07) is 14.1. The second-order valence-corrected chi connectivity index (χ2v) is 7.14. The van der Waals surface area contributed by atoms with Crippen LogP contribution in [0, 0.1) is 0 Å². The fraction of sp³-hybridized carbons (Fsp3) is 0.348. The van der Waals surface area contributed by atoms with Crippen LogP contribution >= 0.6 is 0 Å². The number of hydrogen-bond acceptors (Lipinski definition) is 2. The number of benzene rings is 2. The zero-order chi connectivity index (χ0) is 18.6. The van der Waals surface area contributed by atoms with Crippen LogP contribution in [0.15, 0.2) is 42.5 Å².